The summed E-state index contributed by atoms with van der Waals surface area (Å²) < 4.78 is 27.0. The fourth-order valence-corrected chi connectivity index (χ4v) is 2.01. The molecule has 0 aliphatic rings. The maximum Gasteiger partial charge on any atom is 0.251 e. The molecule has 1 amide bonds. The Hall–Kier alpha value is -1.95. The zero-order valence-corrected chi connectivity index (χ0v) is 11.9. The SMILES string of the molecule is Nc1ccc(C(=O)NCc2cc(F)ccc2Br)cc1F. The molecule has 0 radical (unpaired) electrons. The minimum absolute atomic E-state index is 0.0191. The zero-order chi connectivity index (χ0) is 14.7. The number of nitrogens with one attached hydrogen (secondary N) is 1. The summed E-state index contributed by atoms with van der Waals surface area (Å²) in [6.07, 6.45) is 0. The van der Waals surface area contributed by atoms with Crippen molar-refractivity contribution in [2.75, 3.05) is 5.73 Å². The van der Waals surface area contributed by atoms with Crippen LogP contribution >= 0.6 is 15.9 Å². The molecule has 0 saturated carbocycles. The van der Waals surface area contributed by atoms with Gasteiger partial charge in [-0.05, 0) is 42.0 Å². The molecular formula is C14H11BrF2N2O. The molecule has 0 atom stereocenters. The van der Waals surface area contributed by atoms with Crippen LogP contribution in [0.3, 0.4) is 0 Å². The number of halogens is 3. The van der Waals surface area contributed by atoms with Crippen LogP contribution in [0.4, 0.5) is 14.5 Å². The molecule has 3 N–H and O–H groups in total. The van der Waals surface area contributed by atoms with E-state index < -0.39 is 17.5 Å². The lowest BCUT2D eigenvalue weighted by molar-refractivity contribution is 0.0950. The number of anilines is 1. The molecule has 0 bridgehead atoms. The van der Waals surface area contributed by atoms with E-state index in [1.54, 1.807) is 6.07 Å². The number of carbonyl (C=O) groups excluding carboxylic acids is 1. The Morgan fingerprint density at radius 3 is 2.65 bits per heavy atom. The minimum atomic E-state index is -0.649. The molecule has 0 saturated heterocycles. The Labute approximate surface area is 122 Å². The summed E-state index contributed by atoms with van der Waals surface area (Å²) >= 11 is 3.26. The highest BCUT2D eigenvalue weighted by molar-refractivity contribution is 9.10. The summed E-state index contributed by atoms with van der Waals surface area (Å²) in [5.74, 6) is -1.50. The number of hydrogen-bond donors (Lipinski definition) is 2. The van der Waals surface area contributed by atoms with Crippen LogP contribution in [0, 0.1) is 11.6 Å². The van der Waals surface area contributed by atoms with Crippen LogP contribution in [0.25, 0.3) is 0 Å². The second-order valence-electron chi connectivity index (χ2n) is 4.15. The number of rotatable bonds is 3. The third kappa shape index (κ3) is 3.33. The van der Waals surface area contributed by atoms with Gasteiger partial charge < -0.3 is 11.1 Å². The normalized spacial score (nSPS) is 10.3. The van der Waals surface area contributed by atoms with Crippen molar-refractivity contribution in [2.45, 2.75) is 6.54 Å². The van der Waals surface area contributed by atoms with E-state index in [0.717, 1.165) is 6.07 Å². The van der Waals surface area contributed by atoms with Crippen LogP contribution < -0.4 is 11.1 Å². The number of amides is 1. The van der Waals surface area contributed by atoms with E-state index in [0.29, 0.717) is 10.0 Å². The smallest absolute Gasteiger partial charge is 0.251 e. The summed E-state index contributed by atoms with van der Waals surface area (Å²) in [7, 11) is 0. The summed E-state index contributed by atoms with van der Waals surface area (Å²) in [6.45, 7) is 0.128. The molecule has 2 rings (SSSR count). The molecule has 0 unspecified atom stereocenters. The van der Waals surface area contributed by atoms with Gasteiger partial charge in [0.1, 0.15) is 11.6 Å². The molecular weight excluding hydrogens is 330 g/mol. The average molecular weight is 341 g/mol. The second kappa shape index (κ2) is 6.00. The predicted molar refractivity (Wildman–Crippen MR) is 76.1 cm³/mol. The second-order valence-corrected chi connectivity index (χ2v) is 5.01. The molecule has 0 aliphatic carbocycles. The fourth-order valence-electron chi connectivity index (χ4n) is 1.62. The molecule has 0 aromatic heterocycles. The maximum atomic E-state index is 13.3. The van der Waals surface area contributed by atoms with Gasteiger partial charge in [-0.25, -0.2) is 8.78 Å². The van der Waals surface area contributed by atoms with Gasteiger partial charge in [-0.3, -0.25) is 4.79 Å². The lowest BCUT2D eigenvalue weighted by Crippen LogP contribution is -2.23. The van der Waals surface area contributed by atoms with Crippen LogP contribution in [0.15, 0.2) is 40.9 Å². The lowest BCUT2D eigenvalue weighted by atomic mass is 10.1. The van der Waals surface area contributed by atoms with Crippen LogP contribution in [-0.4, -0.2) is 5.91 Å². The Balaban J connectivity index is 2.08. The van der Waals surface area contributed by atoms with E-state index in [-0.39, 0.29) is 17.8 Å². The van der Waals surface area contributed by atoms with Crippen LogP contribution in [0.2, 0.25) is 0 Å². The first-order chi connectivity index (χ1) is 9.47. The summed E-state index contributed by atoms with van der Waals surface area (Å²) in [6, 6.07) is 7.99. The number of carbonyl (C=O) groups is 1. The van der Waals surface area contributed by atoms with E-state index in [4.69, 9.17) is 5.73 Å². The largest absolute Gasteiger partial charge is 0.396 e. The number of nitrogens with two attached hydrogens (primary N) is 1. The van der Waals surface area contributed by atoms with Gasteiger partial charge in [0, 0.05) is 16.6 Å². The van der Waals surface area contributed by atoms with Gasteiger partial charge in [0.15, 0.2) is 0 Å². The van der Waals surface area contributed by atoms with Gasteiger partial charge in [-0.1, -0.05) is 15.9 Å². The van der Waals surface area contributed by atoms with E-state index in [1.165, 1.54) is 24.3 Å². The van der Waals surface area contributed by atoms with Crippen molar-refractivity contribution in [1.82, 2.24) is 5.32 Å². The quantitative estimate of drug-likeness (QED) is 0.842. The van der Waals surface area contributed by atoms with E-state index in [1.807, 2.05) is 0 Å². The standard InChI is InChI=1S/C14H11BrF2N2O/c15-11-3-2-10(16)5-9(11)7-19-14(20)8-1-4-13(18)12(17)6-8/h1-6H,7,18H2,(H,19,20). The first kappa shape index (κ1) is 14.5. The monoisotopic (exact) mass is 340 g/mol. The van der Waals surface area contributed by atoms with Crippen molar-refractivity contribution in [3.63, 3.8) is 0 Å². The van der Waals surface area contributed by atoms with Gasteiger partial charge in [-0.15, -0.1) is 0 Å². The van der Waals surface area contributed by atoms with Crippen LogP contribution in [0.1, 0.15) is 15.9 Å². The molecule has 0 spiro atoms. The molecule has 0 aliphatic heterocycles. The van der Waals surface area contributed by atoms with Gasteiger partial charge in [0.05, 0.1) is 5.69 Å². The third-order valence-corrected chi connectivity index (χ3v) is 3.48. The molecule has 0 fully saturated rings. The Morgan fingerprint density at radius 1 is 1.20 bits per heavy atom. The Kier molecular flexibility index (Phi) is 4.34. The Bertz CT molecular complexity index is 662. The topological polar surface area (TPSA) is 55.1 Å². The summed E-state index contributed by atoms with van der Waals surface area (Å²) in [4.78, 5) is 11.9. The van der Waals surface area contributed by atoms with Crippen molar-refractivity contribution in [3.8, 4) is 0 Å². The van der Waals surface area contributed by atoms with E-state index in [2.05, 4.69) is 21.2 Å². The minimum Gasteiger partial charge on any atom is -0.396 e. The molecule has 6 heteroatoms. The summed E-state index contributed by atoms with van der Waals surface area (Å²) in [5, 5.41) is 2.59. The highest BCUT2D eigenvalue weighted by Crippen LogP contribution is 2.18. The molecule has 0 heterocycles. The Morgan fingerprint density at radius 2 is 1.95 bits per heavy atom. The van der Waals surface area contributed by atoms with Crippen molar-refractivity contribution in [1.29, 1.82) is 0 Å². The highest BCUT2D eigenvalue weighted by Gasteiger charge is 2.09. The molecule has 20 heavy (non-hydrogen) atoms. The van der Waals surface area contributed by atoms with E-state index in [9.17, 15) is 13.6 Å². The van der Waals surface area contributed by atoms with Gasteiger partial charge in [0.25, 0.3) is 5.91 Å². The number of nitrogen functional groups attached to an aromatic ring is 1. The van der Waals surface area contributed by atoms with Gasteiger partial charge in [-0.2, -0.15) is 0 Å². The highest BCUT2D eigenvalue weighted by atomic mass is 79.9. The van der Waals surface area contributed by atoms with Crippen molar-refractivity contribution in [3.05, 3.63) is 63.6 Å². The number of hydrogen-bond acceptors (Lipinski definition) is 2. The third-order valence-electron chi connectivity index (χ3n) is 2.71. The molecule has 2 aromatic rings. The lowest BCUT2D eigenvalue weighted by Gasteiger charge is -2.08. The first-order valence-electron chi connectivity index (χ1n) is 5.74. The van der Waals surface area contributed by atoms with E-state index >= 15 is 0 Å². The van der Waals surface area contributed by atoms with Crippen molar-refractivity contribution < 1.29 is 13.6 Å². The molecule has 104 valence electrons. The maximum absolute atomic E-state index is 13.3. The predicted octanol–water partition coefficient (Wildman–Crippen LogP) is 3.24. The van der Waals surface area contributed by atoms with Crippen LogP contribution in [0.5, 0.6) is 0 Å². The summed E-state index contributed by atoms with van der Waals surface area (Å²) in [5.41, 5.74) is 6.07. The fraction of sp³-hybridized carbons (Fsp3) is 0.0714. The van der Waals surface area contributed by atoms with Crippen molar-refractivity contribution in [2.24, 2.45) is 0 Å². The molecule has 2 aromatic carbocycles. The molecule has 3 nitrogen and oxygen atoms in total. The van der Waals surface area contributed by atoms with Gasteiger partial charge >= 0.3 is 0 Å². The zero-order valence-electron chi connectivity index (χ0n) is 10.3. The average Bonchev–Trinajstić information content (AvgIpc) is 2.42. The van der Waals surface area contributed by atoms with Crippen LogP contribution in [-0.2, 0) is 6.54 Å². The van der Waals surface area contributed by atoms with Crippen molar-refractivity contribution >= 4 is 27.5 Å². The van der Waals surface area contributed by atoms with Gasteiger partial charge in [0.2, 0.25) is 0 Å². The first-order valence-corrected chi connectivity index (χ1v) is 6.54. The number of benzene rings is 2.